The first-order valence-corrected chi connectivity index (χ1v) is 9.17. The van der Waals surface area contributed by atoms with E-state index in [9.17, 15) is 14.4 Å². The van der Waals surface area contributed by atoms with E-state index in [1.807, 2.05) is 6.07 Å². The second-order valence-electron chi connectivity index (χ2n) is 5.89. The Labute approximate surface area is 176 Å². The molecule has 6 nitrogen and oxygen atoms in total. The number of ketones is 1. The number of ether oxygens (including phenoxy) is 1. The van der Waals surface area contributed by atoms with Crippen LogP contribution in [0.2, 0.25) is 10.2 Å². The number of halogens is 2. The minimum atomic E-state index is -0.740. The molecule has 29 heavy (non-hydrogen) atoms. The number of nitrogens with zero attached hydrogens (tertiary/aromatic N) is 1. The van der Waals surface area contributed by atoms with Crippen LogP contribution in [0.5, 0.6) is 0 Å². The van der Waals surface area contributed by atoms with Crippen molar-refractivity contribution in [3.8, 4) is 0 Å². The van der Waals surface area contributed by atoms with E-state index in [-0.39, 0.29) is 21.6 Å². The zero-order chi connectivity index (χ0) is 20.8. The van der Waals surface area contributed by atoms with E-state index in [1.54, 1.807) is 36.4 Å². The van der Waals surface area contributed by atoms with Gasteiger partial charge in [0.1, 0.15) is 5.15 Å². The predicted octanol–water partition coefficient (Wildman–Crippen LogP) is 4.68. The lowest BCUT2D eigenvalue weighted by molar-refractivity contribution is 0.0474. The number of rotatable bonds is 6. The maximum absolute atomic E-state index is 12.2. The summed E-state index contributed by atoms with van der Waals surface area (Å²) in [4.78, 5) is 40.1. The predicted molar refractivity (Wildman–Crippen MR) is 110 cm³/mol. The molecule has 2 aromatic carbocycles. The van der Waals surface area contributed by atoms with Crippen molar-refractivity contribution in [2.75, 3.05) is 11.9 Å². The molecule has 0 saturated carbocycles. The van der Waals surface area contributed by atoms with Gasteiger partial charge in [-0.05, 0) is 42.5 Å². The lowest BCUT2D eigenvalue weighted by Gasteiger charge is -2.07. The summed E-state index contributed by atoms with van der Waals surface area (Å²) in [7, 11) is 0. The van der Waals surface area contributed by atoms with Crippen LogP contribution in [-0.4, -0.2) is 29.3 Å². The SMILES string of the molecule is O=C(COC(=O)c1cnc(Cl)c(Cl)c1)c1ccc(NC(=O)c2ccccc2)cc1. The van der Waals surface area contributed by atoms with Crippen molar-refractivity contribution in [3.63, 3.8) is 0 Å². The van der Waals surface area contributed by atoms with Crippen LogP contribution in [0.25, 0.3) is 0 Å². The third-order valence-corrected chi connectivity index (χ3v) is 4.55. The van der Waals surface area contributed by atoms with Crippen LogP contribution in [0, 0.1) is 0 Å². The quantitative estimate of drug-likeness (QED) is 0.349. The van der Waals surface area contributed by atoms with Crippen molar-refractivity contribution in [3.05, 3.63) is 93.7 Å². The van der Waals surface area contributed by atoms with Gasteiger partial charge < -0.3 is 10.1 Å². The van der Waals surface area contributed by atoms with Gasteiger partial charge in [0.2, 0.25) is 0 Å². The van der Waals surface area contributed by atoms with Crippen LogP contribution in [0.1, 0.15) is 31.1 Å². The summed E-state index contributed by atoms with van der Waals surface area (Å²) < 4.78 is 4.99. The number of amides is 1. The molecule has 0 aliphatic heterocycles. The van der Waals surface area contributed by atoms with E-state index >= 15 is 0 Å². The molecule has 3 rings (SSSR count). The van der Waals surface area contributed by atoms with Gasteiger partial charge in [-0.15, -0.1) is 0 Å². The van der Waals surface area contributed by atoms with Crippen LogP contribution < -0.4 is 5.32 Å². The molecule has 0 fully saturated rings. The number of esters is 1. The van der Waals surface area contributed by atoms with Crippen LogP contribution in [0.3, 0.4) is 0 Å². The lowest BCUT2D eigenvalue weighted by Crippen LogP contribution is -2.15. The number of Topliss-reactive ketones (excluding diaryl/α,β-unsaturated/α-hetero) is 1. The normalized spacial score (nSPS) is 10.3. The number of carbonyl (C=O) groups is 3. The monoisotopic (exact) mass is 428 g/mol. The second-order valence-corrected chi connectivity index (χ2v) is 6.66. The van der Waals surface area contributed by atoms with Gasteiger partial charge in [-0.2, -0.15) is 0 Å². The van der Waals surface area contributed by atoms with Crippen LogP contribution in [-0.2, 0) is 4.74 Å². The molecule has 1 amide bonds. The fourth-order valence-corrected chi connectivity index (χ4v) is 2.63. The number of benzene rings is 2. The average molecular weight is 429 g/mol. The number of aromatic nitrogens is 1. The van der Waals surface area contributed by atoms with Gasteiger partial charge in [0.05, 0.1) is 10.6 Å². The maximum atomic E-state index is 12.2. The van der Waals surface area contributed by atoms with Crippen molar-refractivity contribution < 1.29 is 19.1 Å². The first-order valence-electron chi connectivity index (χ1n) is 8.42. The van der Waals surface area contributed by atoms with Gasteiger partial charge in [0.25, 0.3) is 5.91 Å². The van der Waals surface area contributed by atoms with Gasteiger partial charge in [0.15, 0.2) is 12.4 Å². The molecular formula is C21H14Cl2N2O4. The van der Waals surface area contributed by atoms with Crippen molar-refractivity contribution in [1.29, 1.82) is 0 Å². The van der Waals surface area contributed by atoms with E-state index in [2.05, 4.69) is 10.3 Å². The third kappa shape index (κ3) is 5.40. The van der Waals surface area contributed by atoms with Crippen molar-refractivity contribution in [2.45, 2.75) is 0 Å². The second kappa shape index (κ2) is 9.32. The van der Waals surface area contributed by atoms with E-state index in [0.29, 0.717) is 16.8 Å². The third-order valence-electron chi connectivity index (χ3n) is 3.87. The fraction of sp³-hybridized carbons (Fsp3) is 0.0476. The molecule has 8 heteroatoms. The number of nitrogens with one attached hydrogen (secondary N) is 1. The van der Waals surface area contributed by atoms with Gasteiger partial charge >= 0.3 is 5.97 Å². The topological polar surface area (TPSA) is 85.4 Å². The van der Waals surface area contributed by atoms with Gasteiger partial charge in [-0.25, -0.2) is 9.78 Å². The van der Waals surface area contributed by atoms with E-state index in [1.165, 1.54) is 24.4 Å². The summed E-state index contributed by atoms with van der Waals surface area (Å²) in [5.74, 6) is -1.39. The van der Waals surface area contributed by atoms with E-state index in [4.69, 9.17) is 27.9 Å². The van der Waals surface area contributed by atoms with Crippen molar-refractivity contribution in [1.82, 2.24) is 4.98 Å². The minimum absolute atomic E-state index is 0.0683. The van der Waals surface area contributed by atoms with E-state index < -0.39 is 18.4 Å². The molecule has 0 bridgehead atoms. The van der Waals surface area contributed by atoms with Crippen molar-refractivity contribution in [2.24, 2.45) is 0 Å². The average Bonchev–Trinajstić information content (AvgIpc) is 2.74. The Bertz CT molecular complexity index is 1050. The van der Waals surface area contributed by atoms with E-state index in [0.717, 1.165) is 0 Å². The largest absolute Gasteiger partial charge is 0.454 e. The summed E-state index contributed by atoms with van der Waals surface area (Å²) >= 11 is 11.5. The van der Waals surface area contributed by atoms with Crippen LogP contribution in [0.15, 0.2) is 66.9 Å². The zero-order valence-corrected chi connectivity index (χ0v) is 16.4. The molecule has 0 radical (unpaired) electrons. The number of hydrogen-bond acceptors (Lipinski definition) is 5. The number of anilines is 1. The molecule has 0 aliphatic carbocycles. The Hall–Kier alpha value is -3.22. The summed E-state index contributed by atoms with van der Waals surface area (Å²) in [6.07, 6.45) is 1.21. The molecule has 0 unspecified atom stereocenters. The molecule has 0 aliphatic rings. The molecule has 0 saturated heterocycles. The highest BCUT2D eigenvalue weighted by atomic mass is 35.5. The van der Waals surface area contributed by atoms with Crippen LogP contribution >= 0.6 is 23.2 Å². The number of hydrogen-bond donors (Lipinski definition) is 1. The number of pyridine rings is 1. The highest BCUT2D eigenvalue weighted by Crippen LogP contribution is 2.20. The Morgan fingerprint density at radius 2 is 1.59 bits per heavy atom. The van der Waals surface area contributed by atoms with Crippen molar-refractivity contribution >= 4 is 46.5 Å². The Morgan fingerprint density at radius 1 is 0.897 bits per heavy atom. The molecule has 0 atom stereocenters. The Kier molecular flexibility index (Phi) is 6.59. The molecule has 146 valence electrons. The molecular weight excluding hydrogens is 415 g/mol. The van der Waals surface area contributed by atoms with Gasteiger partial charge in [0, 0.05) is 23.0 Å². The maximum Gasteiger partial charge on any atom is 0.340 e. The summed E-state index contributed by atoms with van der Waals surface area (Å²) in [6.45, 7) is -0.450. The smallest absolute Gasteiger partial charge is 0.340 e. The summed E-state index contributed by atoms with van der Waals surface area (Å²) in [6, 6.07) is 16.3. The summed E-state index contributed by atoms with van der Waals surface area (Å²) in [5.41, 5.74) is 1.49. The molecule has 1 N–H and O–H groups in total. The number of carbonyl (C=O) groups excluding carboxylic acids is 3. The standard InChI is InChI=1S/C21H14Cl2N2O4/c22-17-10-15(11-24-19(17)23)21(28)29-12-18(26)13-6-8-16(9-7-13)25-20(27)14-4-2-1-3-5-14/h1-11H,12H2,(H,25,27). The first kappa shape index (κ1) is 20.5. The zero-order valence-electron chi connectivity index (χ0n) is 14.9. The molecule has 1 aromatic heterocycles. The van der Waals surface area contributed by atoms with Crippen LogP contribution in [0.4, 0.5) is 5.69 Å². The highest BCUT2D eigenvalue weighted by molar-refractivity contribution is 6.41. The van der Waals surface area contributed by atoms with Gasteiger partial charge in [-0.3, -0.25) is 9.59 Å². The fourth-order valence-electron chi connectivity index (χ4n) is 2.36. The first-order chi connectivity index (χ1) is 13.9. The minimum Gasteiger partial charge on any atom is -0.454 e. The molecule has 3 aromatic rings. The highest BCUT2D eigenvalue weighted by Gasteiger charge is 2.14. The Morgan fingerprint density at radius 3 is 2.24 bits per heavy atom. The molecule has 1 heterocycles. The lowest BCUT2D eigenvalue weighted by atomic mass is 10.1. The van der Waals surface area contributed by atoms with Gasteiger partial charge in [-0.1, -0.05) is 41.4 Å². The Balaban J connectivity index is 1.56. The summed E-state index contributed by atoms with van der Waals surface area (Å²) in [5, 5.41) is 2.92. The molecule has 0 spiro atoms.